The van der Waals surface area contributed by atoms with Gasteiger partial charge in [-0.1, -0.05) is 11.3 Å². The largest absolute Gasteiger partial charge is 0.339 e. The molecule has 0 aliphatic rings. The van der Waals surface area contributed by atoms with Crippen molar-refractivity contribution < 1.29 is 4.79 Å². The molecule has 0 N–H and O–H groups in total. The highest BCUT2D eigenvalue weighted by Gasteiger charge is 2.14. The number of hydrogen-bond acceptors (Lipinski definition) is 4. The summed E-state index contributed by atoms with van der Waals surface area (Å²) in [5.74, 6) is -0.0450. The highest BCUT2D eigenvalue weighted by Crippen LogP contribution is 2.17. The van der Waals surface area contributed by atoms with Gasteiger partial charge in [-0.2, -0.15) is 0 Å². The first-order valence-corrected chi connectivity index (χ1v) is 7.67. The molecule has 2 aromatic rings. The normalized spacial score (nSPS) is 10.7. The molecule has 2 heterocycles. The lowest BCUT2D eigenvalue weighted by Gasteiger charge is -2.17. The fourth-order valence-corrected chi connectivity index (χ4v) is 3.41. The number of aryl methyl sites for hydroxylation is 2. The number of nitrogens with zero attached hydrogens (tertiary/aromatic N) is 2. The summed E-state index contributed by atoms with van der Waals surface area (Å²) in [5.41, 5.74) is 2.04. The summed E-state index contributed by atoms with van der Waals surface area (Å²) in [5, 5.41) is 3.80. The van der Waals surface area contributed by atoms with Gasteiger partial charge in [0.2, 0.25) is 5.91 Å². The fraction of sp³-hybridized carbons (Fsp3) is 0.385. The van der Waals surface area contributed by atoms with Gasteiger partial charge in [0, 0.05) is 23.0 Å². The van der Waals surface area contributed by atoms with Crippen LogP contribution in [0.4, 0.5) is 0 Å². The zero-order valence-corrected chi connectivity index (χ0v) is 12.8. The fourth-order valence-electron chi connectivity index (χ4n) is 1.72. The Bertz CT molecular complexity index is 639. The second-order valence-corrected chi connectivity index (χ2v) is 6.33. The van der Waals surface area contributed by atoms with Crippen LogP contribution in [0.25, 0.3) is 0 Å². The van der Waals surface area contributed by atoms with Gasteiger partial charge < -0.3 is 4.90 Å². The molecule has 0 spiro atoms. The van der Waals surface area contributed by atoms with Crippen LogP contribution in [-0.4, -0.2) is 22.4 Å². The Kier molecular flexibility index (Phi) is 4.21. The number of hydrogen-bond donors (Lipinski definition) is 0. The van der Waals surface area contributed by atoms with Crippen LogP contribution in [-0.2, 0) is 17.9 Å². The van der Waals surface area contributed by atoms with Crippen molar-refractivity contribution in [1.29, 1.82) is 0 Å². The summed E-state index contributed by atoms with van der Waals surface area (Å²) in [7, 11) is 1.77. The Balaban J connectivity index is 2.04. The lowest BCUT2D eigenvalue weighted by molar-refractivity contribution is -0.131. The topological polar surface area (TPSA) is 42.3 Å². The number of aromatic nitrogens is 1. The van der Waals surface area contributed by atoms with Crippen molar-refractivity contribution in [1.82, 2.24) is 9.47 Å². The zero-order chi connectivity index (χ0) is 14.0. The van der Waals surface area contributed by atoms with Crippen molar-refractivity contribution in [2.75, 3.05) is 7.05 Å². The van der Waals surface area contributed by atoms with Crippen molar-refractivity contribution in [2.24, 2.45) is 0 Å². The Hall–Kier alpha value is -1.40. The van der Waals surface area contributed by atoms with E-state index in [1.165, 1.54) is 15.0 Å². The lowest BCUT2D eigenvalue weighted by atomic mass is 10.3. The number of rotatable bonds is 4. The predicted octanol–water partition coefficient (Wildman–Crippen LogP) is 2.25. The number of carbonyl (C=O) groups is 1. The molecule has 1 amide bonds. The molecular weight excluding hydrogens is 280 g/mol. The van der Waals surface area contributed by atoms with E-state index in [0.29, 0.717) is 6.54 Å². The first kappa shape index (κ1) is 14.0. The molecule has 0 aliphatic carbocycles. The van der Waals surface area contributed by atoms with Crippen LogP contribution in [0.1, 0.15) is 16.1 Å². The van der Waals surface area contributed by atoms with Gasteiger partial charge in [-0.25, -0.2) is 0 Å². The summed E-state index contributed by atoms with van der Waals surface area (Å²) >= 11 is 2.78. The van der Waals surface area contributed by atoms with Gasteiger partial charge in [0.15, 0.2) is 0 Å². The van der Waals surface area contributed by atoms with Crippen LogP contribution < -0.4 is 4.87 Å². The lowest BCUT2D eigenvalue weighted by Crippen LogP contribution is -2.32. The van der Waals surface area contributed by atoms with E-state index >= 15 is 0 Å². The van der Waals surface area contributed by atoms with Crippen molar-refractivity contribution in [2.45, 2.75) is 26.9 Å². The van der Waals surface area contributed by atoms with E-state index in [1.54, 1.807) is 28.7 Å². The second-order valence-electron chi connectivity index (χ2n) is 4.51. The third kappa shape index (κ3) is 3.13. The van der Waals surface area contributed by atoms with E-state index in [9.17, 15) is 9.59 Å². The maximum Gasteiger partial charge on any atom is 0.307 e. The molecule has 2 aromatic heterocycles. The van der Waals surface area contributed by atoms with E-state index in [0.717, 1.165) is 17.0 Å². The summed E-state index contributed by atoms with van der Waals surface area (Å²) < 4.78 is 1.52. The molecule has 0 radical (unpaired) electrons. The number of likely N-dealkylation sites (N-methyl/N-ethyl adjacent to an activating group) is 1. The van der Waals surface area contributed by atoms with Crippen molar-refractivity contribution in [3.63, 3.8) is 0 Å². The molecule has 4 nitrogen and oxygen atoms in total. The van der Waals surface area contributed by atoms with Gasteiger partial charge in [0.1, 0.15) is 6.54 Å². The van der Waals surface area contributed by atoms with E-state index in [2.05, 4.69) is 0 Å². The van der Waals surface area contributed by atoms with Gasteiger partial charge in [-0.15, -0.1) is 11.3 Å². The molecule has 6 heteroatoms. The van der Waals surface area contributed by atoms with Gasteiger partial charge in [0.05, 0.1) is 6.54 Å². The van der Waals surface area contributed by atoms with Crippen LogP contribution in [0.15, 0.2) is 21.6 Å². The maximum absolute atomic E-state index is 12.1. The second kappa shape index (κ2) is 5.71. The Morgan fingerprint density at radius 2 is 2.11 bits per heavy atom. The van der Waals surface area contributed by atoms with Crippen LogP contribution in [0, 0.1) is 13.8 Å². The van der Waals surface area contributed by atoms with E-state index in [1.807, 2.05) is 25.3 Å². The highest BCUT2D eigenvalue weighted by atomic mass is 32.1. The number of carbonyl (C=O) groups excluding carboxylic acids is 1. The standard InChI is InChI=1S/C13H16N2O2S2/c1-9-4-5-18-11(9)6-14(3)12(16)7-15-10(2)8-19-13(15)17/h4-5,8H,6-7H2,1-3H3. The molecular formula is C13H16N2O2S2. The summed E-state index contributed by atoms with van der Waals surface area (Å²) in [6.45, 7) is 4.60. The number of thiazole rings is 1. The van der Waals surface area contributed by atoms with Gasteiger partial charge in [0.25, 0.3) is 0 Å². The molecule has 19 heavy (non-hydrogen) atoms. The average molecular weight is 296 g/mol. The molecule has 0 saturated carbocycles. The zero-order valence-electron chi connectivity index (χ0n) is 11.2. The van der Waals surface area contributed by atoms with Gasteiger partial charge >= 0.3 is 4.87 Å². The van der Waals surface area contributed by atoms with Crippen LogP contribution in [0.5, 0.6) is 0 Å². The molecule has 0 atom stereocenters. The third-order valence-corrected chi connectivity index (χ3v) is 4.93. The molecule has 0 saturated heterocycles. The van der Waals surface area contributed by atoms with E-state index in [-0.39, 0.29) is 17.3 Å². The molecule has 0 bridgehead atoms. The minimum absolute atomic E-state index is 0.0450. The molecule has 0 unspecified atom stereocenters. The maximum atomic E-state index is 12.1. The van der Waals surface area contributed by atoms with Gasteiger partial charge in [-0.3, -0.25) is 14.2 Å². The van der Waals surface area contributed by atoms with Crippen LogP contribution in [0.3, 0.4) is 0 Å². The minimum Gasteiger partial charge on any atom is -0.339 e. The quantitative estimate of drug-likeness (QED) is 0.868. The van der Waals surface area contributed by atoms with Crippen molar-refractivity contribution >= 4 is 28.6 Å². The summed E-state index contributed by atoms with van der Waals surface area (Å²) in [4.78, 5) is 26.5. The molecule has 0 aliphatic heterocycles. The van der Waals surface area contributed by atoms with Crippen LogP contribution >= 0.6 is 22.7 Å². The molecule has 2 rings (SSSR count). The SMILES string of the molecule is Cc1ccsc1CN(C)C(=O)Cn1c(C)csc1=O. The highest BCUT2D eigenvalue weighted by molar-refractivity contribution is 7.10. The van der Waals surface area contributed by atoms with Crippen molar-refractivity contribution in [3.05, 3.63) is 42.6 Å². The molecule has 0 fully saturated rings. The first-order chi connectivity index (χ1) is 8.99. The number of amides is 1. The monoisotopic (exact) mass is 296 g/mol. The first-order valence-electron chi connectivity index (χ1n) is 5.91. The predicted molar refractivity (Wildman–Crippen MR) is 78.8 cm³/mol. The van der Waals surface area contributed by atoms with E-state index in [4.69, 9.17) is 0 Å². The summed E-state index contributed by atoms with van der Waals surface area (Å²) in [6, 6.07) is 2.05. The van der Waals surface area contributed by atoms with Crippen molar-refractivity contribution in [3.8, 4) is 0 Å². The van der Waals surface area contributed by atoms with Crippen LogP contribution in [0.2, 0.25) is 0 Å². The minimum atomic E-state index is -0.0773. The Labute approximate surface area is 119 Å². The third-order valence-electron chi connectivity index (χ3n) is 3.04. The molecule has 102 valence electrons. The van der Waals surface area contributed by atoms with E-state index < -0.39 is 0 Å². The number of thiophene rings is 1. The Morgan fingerprint density at radius 3 is 2.63 bits per heavy atom. The average Bonchev–Trinajstić information content (AvgIpc) is 2.90. The summed E-state index contributed by atoms with van der Waals surface area (Å²) in [6.07, 6.45) is 0. The Morgan fingerprint density at radius 1 is 1.37 bits per heavy atom. The smallest absolute Gasteiger partial charge is 0.307 e. The van der Waals surface area contributed by atoms with Gasteiger partial charge in [-0.05, 0) is 30.9 Å². The molecule has 0 aromatic carbocycles.